The molecule has 0 aliphatic carbocycles. The van der Waals surface area contributed by atoms with Gasteiger partial charge in [-0.25, -0.2) is 8.42 Å². The molecule has 2 atom stereocenters. The van der Waals surface area contributed by atoms with Gasteiger partial charge in [0.2, 0.25) is 9.84 Å². The van der Waals surface area contributed by atoms with Crippen LogP contribution in [0.1, 0.15) is 18.4 Å². The number of hydrogen-bond donors (Lipinski definition) is 2. The maximum Gasteiger partial charge on any atom is 0.320 e. The zero-order chi connectivity index (χ0) is 18.7. The van der Waals surface area contributed by atoms with Crippen molar-refractivity contribution in [2.24, 2.45) is 5.92 Å². The van der Waals surface area contributed by atoms with Gasteiger partial charge in [-0.15, -0.1) is 0 Å². The number of carbonyl (C=O) groups is 1. The molecule has 2 aromatic rings. The first-order valence-electron chi connectivity index (χ1n) is 8.43. The molecule has 3 rings (SSSR count). The lowest BCUT2D eigenvalue weighted by Gasteiger charge is -2.13. The Morgan fingerprint density at radius 2 is 1.77 bits per heavy atom. The number of carboxylic acid groups (broad SMARTS) is 1. The summed E-state index contributed by atoms with van der Waals surface area (Å²) in [5.74, 6) is -0.624. The van der Waals surface area contributed by atoms with E-state index in [-0.39, 0.29) is 20.7 Å². The molecule has 0 bridgehead atoms. The van der Waals surface area contributed by atoms with Crippen molar-refractivity contribution in [3.8, 4) is 0 Å². The summed E-state index contributed by atoms with van der Waals surface area (Å²) in [7, 11) is -3.71. The van der Waals surface area contributed by atoms with Crippen molar-refractivity contribution in [3.63, 3.8) is 0 Å². The number of halogens is 1. The Bertz CT molecular complexity index is 913. The molecule has 5 nitrogen and oxygen atoms in total. The van der Waals surface area contributed by atoms with Crippen molar-refractivity contribution in [3.05, 3.63) is 59.1 Å². The second-order valence-corrected chi connectivity index (χ2v) is 8.77. The van der Waals surface area contributed by atoms with Crippen LogP contribution in [0.4, 0.5) is 0 Å². The van der Waals surface area contributed by atoms with E-state index in [1.165, 1.54) is 6.07 Å². The topological polar surface area (TPSA) is 83.5 Å². The zero-order valence-corrected chi connectivity index (χ0v) is 15.6. The number of hydrogen-bond acceptors (Lipinski definition) is 4. The molecule has 1 aliphatic heterocycles. The van der Waals surface area contributed by atoms with E-state index in [4.69, 9.17) is 16.7 Å². The highest BCUT2D eigenvalue weighted by Gasteiger charge is 2.29. The fourth-order valence-corrected chi connectivity index (χ4v) is 5.36. The van der Waals surface area contributed by atoms with Gasteiger partial charge in [0.1, 0.15) is 6.04 Å². The highest BCUT2D eigenvalue weighted by Crippen LogP contribution is 2.30. The van der Waals surface area contributed by atoms with Crippen LogP contribution < -0.4 is 5.32 Å². The van der Waals surface area contributed by atoms with Gasteiger partial charge in [0.05, 0.1) is 14.8 Å². The van der Waals surface area contributed by atoms with Crippen molar-refractivity contribution in [2.75, 3.05) is 6.54 Å². The summed E-state index contributed by atoms with van der Waals surface area (Å²) in [5, 5.41) is 12.3. The molecule has 2 aromatic carbocycles. The smallest absolute Gasteiger partial charge is 0.320 e. The molecule has 0 amide bonds. The minimum absolute atomic E-state index is 0.0996. The van der Waals surface area contributed by atoms with E-state index in [9.17, 15) is 13.2 Å². The van der Waals surface area contributed by atoms with Gasteiger partial charge in [0.15, 0.2) is 0 Å². The minimum atomic E-state index is -3.71. The lowest BCUT2D eigenvalue weighted by Crippen LogP contribution is -2.29. The minimum Gasteiger partial charge on any atom is -0.480 e. The second kappa shape index (κ2) is 7.78. The maximum absolute atomic E-state index is 13.0. The first-order chi connectivity index (χ1) is 12.4. The summed E-state index contributed by atoms with van der Waals surface area (Å²) < 4.78 is 26.1. The second-order valence-electron chi connectivity index (χ2n) is 6.48. The van der Waals surface area contributed by atoms with Crippen LogP contribution in [0, 0.1) is 5.92 Å². The molecule has 1 heterocycles. The first kappa shape index (κ1) is 18.9. The van der Waals surface area contributed by atoms with Crippen LogP contribution in [0.3, 0.4) is 0 Å². The number of nitrogens with one attached hydrogen (secondary N) is 1. The molecule has 1 aliphatic rings. The number of aryl methyl sites for hydroxylation is 1. The van der Waals surface area contributed by atoms with Crippen molar-refractivity contribution in [1.29, 1.82) is 0 Å². The number of benzene rings is 2. The largest absolute Gasteiger partial charge is 0.480 e. The van der Waals surface area contributed by atoms with Crippen LogP contribution in [-0.2, 0) is 21.1 Å². The average Bonchev–Trinajstić information content (AvgIpc) is 3.10. The van der Waals surface area contributed by atoms with Crippen LogP contribution in [0.2, 0.25) is 5.02 Å². The number of sulfone groups is 1. The Balaban J connectivity index is 1.81. The van der Waals surface area contributed by atoms with E-state index in [1.54, 1.807) is 36.4 Å². The quantitative estimate of drug-likeness (QED) is 0.787. The molecule has 0 unspecified atom stereocenters. The van der Waals surface area contributed by atoms with E-state index in [2.05, 4.69) is 5.32 Å². The summed E-state index contributed by atoms with van der Waals surface area (Å²) in [6.07, 6.45) is 1.86. The van der Waals surface area contributed by atoms with Gasteiger partial charge in [-0.05, 0) is 55.5 Å². The van der Waals surface area contributed by atoms with Crippen LogP contribution in [0.25, 0.3) is 0 Å². The molecule has 0 saturated carbocycles. The van der Waals surface area contributed by atoms with E-state index >= 15 is 0 Å². The Hall–Kier alpha value is -1.89. The van der Waals surface area contributed by atoms with Gasteiger partial charge in [-0.1, -0.05) is 41.9 Å². The molecule has 7 heteroatoms. The summed E-state index contributed by atoms with van der Waals surface area (Å²) in [6.45, 7) is 0.635. The van der Waals surface area contributed by atoms with Crippen molar-refractivity contribution in [1.82, 2.24) is 5.32 Å². The molecule has 138 valence electrons. The zero-order valence-electron chi connectivity index (χ0n) is 14.1. The fraction of sp³-hybridized carbons (Fsp3) is 0.316. The molecule has 1 saturated heterocycles. The number of aliphatic carboxylic acids is 1. The lowest BCUT2D eigenvalue weighted by molar-refractivity contribution is -0.139. The number of carboxylic acids is 1. The standard InChI is InChI=1S/C19H20ClNO4S/c20-15-6-2-4-8-18(15)26(24,25)17-7-3-1-5-14(17)10-9-13-11-16(19(22)23)21-12-13/h1-8,13,16,21H,9-12H2,(H,22,23)/t13-,16+/m1/s1. The van der Waals surface area contributed by atoms with Gasteiger partial charge < -0.3 is 10.4 Å². The van der Waals surface area contributed by atoms with Crippen molar-refractivity contribution < 1.29 is 18.3 Å². The highest BCUT2D eigenvalue weighted by atomic mass is 35.5. The van der Waals surface area contributed by atoms with Gasteiger partial charge in [-0.2, -0.15) is 0 Å². The molecular weight excluding hydrogens is 374 g/mol. The molecule has 26 heavy (non-hydrogen) atoms. The summed E-state index contributed by atoms with van der Waals surface area (Å²) in [5.41, 5.74) is 0.728. The third kappa shape index (κ3) is 3.92. The molecule has 0 spiro atoms. The fourth-order valence-electron chi connectivity index (χ4n) is 3.33. The predicted octanol–water partition coefficient (Wildman–Crippen LogP) is 3.17. The Labute approximate surface area is 157 Å². The Morgan fingerprint density at radius 3 is 2.42 bits per heavy atom. The normalized spacial score (nSPS) is 20.2. The third-order valence-corrected chi connectivity index (χ3v) is 7.08. The van der Waals surface area contributed by atoms with Crippen molar-refractivity contribution >= 4 is 27.4 Å². The molecule has 2 N–H and O–H groups in total. The van der Waals surface area contributed by atoms with Gasteiger partial charge >= 0.3 is 5.97 Å². The molecular formula is C19H20ClNO4S. The SMILES string of the molecule is O=C(O)[C@@H]1C[C@@H](CCc2ccccc2S(=O)(=O)c2ccccc2Cl)CN1. The van der Waals surface area contributed by atoms with Gasteiger partial charge in [0, 0.05) is 0 Å². The summed E-state index contributed by atoms with van der Waals surface area (Å²) in [4.78, 5) is 11.4. The van der Waals surface area contributed by atoms with E-state index in [0.29, 0.717) is 19.4 Å². The van der Waals surface area contributed by atoms with E-state index < -0.39 is 21.8 Å². The molecule has 0 radical (unpaired) electrons. The molecule has 0 aromatic heterocycles. The van der Waals surface area contributed by atoms with Crippen LogP contribution >= 0.6 is 11.6 Å². The van der Waals surface area contributed by atoms with E-state index in [0.717, 1.165) is 12.0 Å². The first-order valence-corrected chi connectivity index (χ1v) is 10.3. The van der Waals surface area contributed by atoms with Crippen LogP contribution in [0.5, 0.6) is 0 Å². The van der Waals surface area contributed by atoms with Gasteiger partial charge in [-0.3, -0.25) is 4.79 Å². The van der Waals surface area contributed by atoms with Gasteiger partial charge in [0.25, 0.3) is 0 Å². The average molecular weight is 394 g/mol. The Morgan fingerprint density at radius 1 is 1.12 bits per heavy atom. The van der Waals surface area contributed by atoms with E-state index in [1.807, 2.05) is 6.07 Å². The van der Waals surface area contributed by atoms with Crippen LogP contribution in [0.15, 0.2) is 58.3 Å². The lowest BCUT2D eigenvalue weighted by atomic mass is 9.97. The monoisotopic (exact) mass is 393 g/mol. The predicted molar refractivity (Wildman–Crippen MR) is 99.2 cm³/mol. The number of rotatable bonds is 6. The Kier molecular flexibility index (Phi) is 5.65. The third-order valence-electron chi connectivity index (χ3n) is 4.73. The maximum atomic E-state index is 13.0. The van der Waals surface area contributed by atoms with Crippen LogP contribution in [-0.4, -0.2) is 32.1 Å². The summed E-state index contributed by atoms with van der Waals surface area (Å²) in [6, 6.07) is 12.8. The molecule has 1 fully saturated rings. The highest BCUT2D eigenvalue weighted by molar-refractivity contribution is 7.91. The van der Waals surface area contributed by atoms with Crippen molar-refractivity contribution in [2.45, 2.75) is 35.1 Å². The summed E-state index contributed by atoms with van der Waals surface area (Å²) >= 11 is 6.09.